The van der Waals surface area contributed by atoms with Gasteiger partial charge >= 0.3 is 0 Å². The number of rotatable bonds is 6. The number of thiol groups is 1. The van der Waals surface area contributed by atoms with Gasteiger partial charge in [-0.05, 0) is 24.0 Å². The van der Waals surface area contributed by atoms with Crippen LogP contribution in [0.25, 0.3) is 0 Å². The van der Waals surface area contributed by atoms with Crippen molar-refractivity contribution in [2.45, 2.75) is 31.7 Å². The SMILES string of the molecule is CCC(CC)(CS)CSc1cnccn1. The first-order chi connectivity index (χ1) is 7.26. The third-order valence-corrected chi connectivity index (χ3v) is 4.84. The highest BCUT2D eigenvalue weighted by Crippen LogP contribution is 2.33. The highest BCUT2D eigenvalue weighted by molar-refractivity contribution is 7.99. The molecule has 0 spiro atoms. The highest BCUT2D eigenvalue weighted by Gasteiger charge is 2.24. The second-order valence-electron chi connectivity index (χ2n) is 3.70. The topological polar surface area (TPSA) is 25.8 Å². The van der Waals surface area contributed by atoms with E-state index in [1.807, 2.05) is 6.20 Å². The van der Waals surface area contributed by atoms with Crippen LogP contribution in [0.5, 0.6) is 0 Å². The quantitative estimate of drug-likeness (QED) is 0.612. The van der Waals surface area contributed by atoms with Crippen molar-refractivity contribution in [1.82, 2.24) is 9.97 Å². The molecule has 0 aliphatic rings. The van der Waals surface area contributed by atoms with E-state index in [9.17, 15) is 0 Å². The number of nitrogens with zero attached hydrogens (tertiary/aromatic N) is 2. The Hall–Kier alpha value is -0.220. The summed E-state index contributed by atoms with van der Waals surface area (Å²) in [5.74, 6) is 2.01. The third-order valence-electron chi connectivity index (χ3n) is 2.90. The summed E-state index contributed by atoms with van der Waals surface area (Å²) < 4.78 is 0. The molecule has 0 bridgehead atoms. The van der Waals surface area contributed by atoms with Gasteiger partial charge in [0.25, 0.3) is 0 Å². The zero-order valence-corrected chi connectivity index (χ0v) is 11.0. The van der Waals surface area contributed by atoms with Gasteiger partial charge in [0, 0.05) is 18.1 Å². The van der Waals surface area contributed by atoms with Gasteiger partial charge in [0.15, 0.2) is 0 Å². The largest absolute Gasteiger partial charge is 0.260 e. The molecule has 0 radical (unpaired) electrons. The lowest BCUT2D eigenvalue weighted by molar-refractivity contribution is 0.357. The van der Waals surface area contributed by atoms with Crippen molar-refractivity contribution in [3.8, 4) is 0 Å². The van der Waals surface area contributed by atoms with Crippen molar-refractivity contribution in [3.05, 3.63) is 18.6 Å². The molecule has 0 saturated carbocycles. The highest BCUT2D eigenvalue weighted by atomic mass is 32.2. The first-order valence-electron chi connectivity index (χ1n) is 5.26. The lowest BCUT2D eigenvalue weighted by atomic mass is 9.87. The molecular weight excluding hydrogens is 224 g/mol. The van der Waals surface area contributed by atoms with Gasteiger partial charge in [-0.2, -0.15) is 12.6 Å². The molecule has 0 atom stereocenters. The number of hydrogen-bond donors (Lipinski definition) is 1. The number of thioether (sulfide) groups is 1. The Morgan fingerprint density at radius 3 is 2.53 bits per heavy atom. The fourth-order valence-electron chi connectivity index (χ4n) is 1.31. The van der Waals surface area contributed by atoms with Gasteiger partial charge < -0.3 is 0 Å². The molecule has 2 nitrogen and oxygen atoms in total. The van der Waals surface area contributed by atoms with Gasteiger partial charge in [-0.25, -0.2) is 4.98 Å². The van der Waals surface area contributed by atoms with E-state index in [2.05, 4.69) is 36.4 Å². The molecule has 84 valence electrons. The van der Waals surface area contributed by atoms with E-state index in [1.165, 1.54) is 12.8 Å². The fourth-order valence-corrected chi connectivity index (χ4v) is 3.26. The van der Waals surface area contributed by atoms with Crippen LogP contribution < -0.4 is 0 Å². The molecule has 0 aliphatic carbocycles. The predicted octanol–water partition coefficient (Wildman–Crippen LogP) is 3.30. The van der Waals surface area contributed by atoms with E-state index >= 15 is 0 Å². The summed E-state index contributed by atoms with van der Waals surface area (Å²) in [6, 6.07) is 0. The lowest BCUT2D eigenvalue weighted by Gasteiger charge is -2.29. The van der Waals surface area contributed by atoms with E-state index in [-0.39, 0.29) is 0 Å². The molecule has 0 amide bonds. The summed E-state index contributed by atoms with van der Waals surface area (Å²) in [7, 11) is 0. The summed E-state index contributed by atoms with van der Waals surface area (Å²) >= 11 is 6.24. The second-order valence-corrected chi connectivity index (χ2v) is 5.01. The fraction of sp³-hybridized carbons (Fsp3) is 0.636. The van der Waals surface area contributed by atoms with Gasteiger partial charge in [0.05, 0.1) is 6.20 Å². The van der Waals surface area contributed by atoms with E-state index in [1.54, 1.807) is 24.2 Å². The molecule has 4 heteroatoms. The van der Waals surface area contributed by atoms with E-state index in [4.69, 9.17) is 0 Å². The first kappa shape index (κ1) is 12.8. The summed E-state index contributed by atoms with van der Waals surface area (Å²) in [6.45, 7) is 4.47. The molecule has 0 unspecified atom stereocenters. The van der Waals surface area contributed by atoms with Crippen LogP contribution in [-0.4, -0.2) is 21.5 Å². The molecule has 1 aromatic rings. The maximum Gasteiger partial charge on any atom is 0.114 e. The molecule has 0 aromatic carbocycles. The summed E-state index contributed by atoms with van der Waals surface area (Å²) in [6.07, 6.45) is 7.60. The minimum absolute atomic E-state index is 0.339. The predicted molar refractivity (Wildman–Crippen MR) is 69.6 cm³/mol. The van der Waals surface area contributed by atoms with Crippen LogP contribution in [0, 0.1) is 5.41 Å². The summed E-state index contributed by atoms with van der Waals surface area (Å²) in [5.41, 5.74) is 0.339. The van der Waals surface area contributed by atoms with Crippen molar-refractivity contribution >= 4 is 24.4 Å². The van der Waals surface area contributed by atoms with E-state index in [0.29, 0.717) is 5.41 Å². The van der Waals surface area contributed by atoms with Crippen LogP contribution >= 0.6 is 24.4 Å². The molecule has 0 saturated heterocycles. The normalized spacial score (nSPS) is 11.7. The maximum atomic E-state index is 4.46. The Morgan fingerprint density at radius 2 is 2.07 bits per heavy atom. The molecular formula is C11H18N2S2. The van der Waals surface area contributed by atoms with Gasteiger partial charge in [-0.3, -0.25) is 4.98 Å². The zero-order chi connectivity index (χ0) is 11.1. The van der Waals surface area contributed by atoms with Crippen molar-refractivity contribution in [1.29, 1.82) is 0 Å². The molecule has 0 N–H and O–H groups in total. The average Bonchev–Trinajstić information content (AvgIpc) is 2.33. The van der Waals surface area contributed by atoms with Crippen LogP contribution in [0.2, 0.25) is 0 Å². The first-order valence-corrected chi connectivity index (χ1v) is 6.88. The second kappa shape index (κ2) is 6.38. The smallest absolute Gasteiger partial charge is 0.114 e. The molecule has 1 aromatic heterocycles. The van der Waals surface area contributed by atoms with Crippen molar-refractivity contribution in [3.63, 3.8) is 0 Å². The lowest BCUT2D eigenvalue weighted by Crippen LogP contribution is -2.24. The molecule has 0 aliphatic heterocycles. The number of hydrogen-bond acceptors (Lipinski definition) is 4. The van der Waals surface area contributed by atoms with E-state index in [0.717, 1.165) is 16.5 Å². The Balaban J connectivity index is 2.54. The standard InChI is InChI=1S/C11H18N2S2/c1-3-11(4-2,8-14)9-15-10-7-12-5-6-13-10/h5-7,14H,3-4,8-9H2,1-2H3. The van der Waals surface area contributed by atoms with Crippen molar-refractivity contribution < 1.29 is 0 Å². The summed E-state index contributed by atoms with van der Waals surface area (Å²) in [5, 5.41) is 1.01. The van der Waals surface area contributed by atoms with Crippen LogP contribution in [0.1, 0.15) is 26.7 Å². The molecule has 1 heterocycles. The molecule has 15 heavy (non-hydrogen) atoms. The van der Waals surface area contributed by atoms with E-state index < -0.39 is 0 Å². The molecule has 0 fully saturated rings. The Kier molecular flexibility index (Phi) is 5.47. The molecule has 1 rings (SSSR count). The Bertz CT molecular complexity index is 265. The van der Waals surface area contributed by atoms with Crippen molar-refractivity contribution in [2.75, 3.05) is 11.5 Å². The average molecular weight is 242 g/mol. The van der Waals surface area contributed by atoms with Crippen molar-refractivity contribution in [2.24, 2.45) is 5.41 Å². The van der Waals surface area contributed by atoms with Gasteiger partial charge in [0.1, 0.15) is 5.03 Å². The van der Waals surface area contributed by atoms with Crippen LogP contribution in [0.3, 0.4) is 0 Å². The third kappa shape index (κ3) is 3.68. The zero-order valence-electron chi connectivity index (χ0n) is 9.31. The van der Waals surface area contributed by atoms with Crippen LogP contribution in [-0.2, 0) is 0 Å². The Labute approximate surface area is 102 Å². The minimum atomic E-state index is 0.339. The van der Waals surface area contributed by atoms with Crippen LogP contribution in [0.15, 0.2) is 23.6 Å². The van der Waals surface area contributed by atoms with Gasteiger partial charge in [0.2, 0.25) is 0 Å². The Morgan fingerprint density at radius 1 is 1.33 bits per heavy atom. The van der Waals surface area contributed by atoms with Crippen LogP contribution in [0.4, 0.5) is 0 Å². The number of aromatic nitrogens is 2. The monoisotopic (exact) mass is 242 g/mol. The van der Waals surface area contributed by atoms with Gasteiger partial charge in [-0.1, -0.05) is 13.8 Å². The minimum Gasteiger partial charge on any atom is -0.260 e. The summed E-state index contributed by atoms with van der Waals surface area (Å²) in [4.78, 5) is 8.32. The maximum absolute atomic E-state index is 4.46. The van der Waals surface area contributed by atoms with Gasteiger partial charge in [-0.15, -0.1) is 11.8 Å².